The van der Waals surface area contributed by atoms with Crippen molar-refractivity contribution in [2.24, 2.45) is 0 Å². The smallest absolute Gasteiger partial charge is 0.454 e. The van der Waals surface area contributed by atoms with E-state index in [1.807, 2.05) is 0 Å². The highest BCUT2D eigenvalue weighted by atomic mass is 19.4. The van der Waals surface area contributed by atoms with Crippen LogP contribution in [0.4, 0.5) is 13.2 Å². The van der Waals surface area contributed by atoms with Gasteiger partial charge in [-0.1, -0.05) is 36.4 Å². The van der Waals surface area contributed by atoms with Crippen molar-refractivity contribution >= 4 is 11.9 Å². The minimum absolute atomic E-state index is 0.138. The molecule has 0 amide bonds. The van der Waals surface area contributed by atoms with E-state index in [1.54, 1.807) is 30.3 Å². The lowest BCUT2D eigenvalue weighted by atomic mass is 10.2. The van der Waals surface area contributed by atoms with Gasteiger partial charge in [-0.05, 0) is 11.6 Å². The first-order valence-corrected chi connectivity index (χ1v) is 4.64. The summed E-state index contributed by atoms with van der Waals surface area (Å²) < 4.78 is 35.5. The number of hydrogen-bond donors (Lipinski definition) is 1. The molecule has 90 valence electrons. The van der Waals surface area contributed by atoms with Crippen LogP contribution in [-0.2, 0) is 4.79 Å². The van der Waals surface area contributed by atoms with E-state index in [-0.39, 0.29) is 6.08 Å². The van der Waals surface area contributed by atoms with Gasteiger partial charge in [0, 0.05) is 6.08 Å². The van der Waals surface area contributed by atoms with Crippen LogP contribution in [-0.4, -0.2) is 17.1 Å². The topological polar surface area (TPSA) is 37.3 Å². The van der Waals surface area contributed by atoms with Crippen LogP contribution in [0.25, 0.3) is 6.08 Å². The highest BCUT2D eigenvalue weighted by Crippen LogP contribution is 2.17. The summed E-state index contributed by atoms with van der Waals surface area (Å²) in [7, 11) is 0. The number of hydrogen-bond acceptors (Lipinski definition) is 2. The maximum atomic E-state index is 11.8. The van der Waals surface area contributed by atoms with E-state index in [2.05, 4.69) is 0 Å². The van der Waals surface area contributed by atoms with Crippen LogP contribution in [0.5, 0.6) is 0 Å². The Morgan fingerprint density at radius 1 is 1.18 bits per heavy atom. The standard InChI is InChI=1S/C12H9F3O2/c13-12(14,15)11(17)8-10(16)7-6-9-4-2-1-3-5-9/h1-8,16H/b7-6+,10-8-. The Morgan fingerprint density at radius 3 is 2.29 bits per heavy atom. The molecule has 0 aliphatic carbocycles. The number of halogens is 3. The van der Waals surface area contributed by atoms with Crippen molar-refractivity contribution in [2.45, 2.75) is 6.18 Å². The Bertz CT molecular complexity index is 445. The normalized spacial score (nSPS) is 13.0. The van der Waals surface area contributed by atoms with Crippen molar-refractivity contribution in [1.82, 2.24) is 0 Å². The zero-order valence-electron chi connectivity index (χ0n) is 8.61. The van der Waals surface area contributed by atoms with Gasteiger partial charge >= 0.3 is 6.18 Å². The van der Waals surface area contributed by atoms with Crippen molar-refractivity contribution in [2.75, 3.05) is 0 Å². The first-order valence-electron chi connectivity index (χ1n) is 4.64. The van der Waals surface area contributed by atoms with Crippen LogP contribution in [0.2, 0.25) is 0 Å². The molecule has 0 aliphatic rings. The summed E-state index contributed by atoms with van der Waals surface area (Å²) in [6.45, 7) is 0. The van der Waals surface area contributed by atoms with Gasteiger partial charge < -0.3 is 5.11 Å². The zero-order chi connectivity index (χ0) is 12.9. The molecule has 0 fully saturated rings. The van der Waals surface area contributed by atoms with Gasteiger partial charge in [0.1, 0.15) is 5.76 Å². The quantitative estimate of drug-likeness (QED) is 0.501. The number of rotatable bonds is 3. The Labute approximate surface area is 95.7 Å². The Morgan fingerprint density at radius 2 is 1.76 bits per heavy atom. The maximum Gasteiger partial charge on any atom is 0.454 e. The molecule has 0 heterocycles. The Balaban J connectivity index is 2.73. The number of alkyl halides is 3. The van der Waals surface area contributed by atoms with Crippen LogP contribution in [0.3, 0.4) is 0 Å². The van der Waals surface area contributed by atoms with Crippen molar-refractivity contribution in [1.29, 1.82) is 0 Å². The first-order chi connectivity index (χ1) is 7.89. The van der Waals surface area contributed by atoms with Gasteiger partial charge in [0.2, 0.25) is 0 Å². The molecule has 0 bridgehead atoms. The highest BCUT2D eigenvalue weighted by Gasteiger charge is 2.36. The highest BCUT2D eigenvalue weighted by molar-refractivity contribution is 5.95. The molecular formula is C12H9F3O2. The summed E-state index contributed by atoms with van der Waals surface area (Å²) >= 11 is 0. The summed E-state index contributed by atoms with van der Waals surface area (Å²) in [5.41, 5.74) is 0.701. The molecule has 1 N–H and O–H groups in total. The molecule has 2 nitrogen and oxygen atoms in total. The van der Waals surface area contributed by atoms with Gasteiger partial charge in [0.25, 0.3) is 5.78 Å². The molecule has 0 aliphatic heterocycles. The predicted molar refractivity (Wildman–Crippen MR) is 57.2 cm³/mol. The molecule has 1 aromatic rings. The third kappa shape index (κ3) is 4.55. The number of allylic oxidation sites excluding steroid dienone is 2. The molecule has 0 spiro atoms. The van der Waals surface area contributed by atoms with Crippen LogP contribution in [0.15, 0.2) is 48.2 Å². The van der Waals surface area contributed by atoms with E-state index in [1.165, 1.54) is 6.08 Å². The first kappa shape index (κ1) is 13.0. The molecule has 0 radical (unpaired) electrons. The average Bonchev–Trinajstić information content (AvgIpc) is 2.26. The third-order valence-electron chi connectivity index (χ3n) is 1.80. The second-order valence-electron chi connectivity index (χ2n) is 3.18. The third-order valence-corrected chi connectivity index (χ3v) is 1.80. The summed E-state index contributed by atoms with van der Waals surface area (Å²) in [6, 6.07) is 8.66. The molecule has 5 heteroatoms. The van der Waals surface area contributed by atoms with E-state index in [4.69, 9.17) is 5.11 Å². The summed E-state index contributed by atoms with van der Waals surface area (Å²) in [6.07, 6.45) is -2.40. The van der Waals surface area contributed by atoms with Crippen molar-refractivity contribution in [3.8, 4) is 0 Å². The lowest BCUT2D eigenvalue weighted by Gasteiger charge is -1.99. The minimum atomic E-state index is -4.96. The summed E-state index contributed by atoms with van der Waals surface area (Å²) in [5, 5.41) is 9.10. The number of benzene rings is 1. The van der Waals surface area contributed by atoms with Gasteiger partial charge in [-0.15, -0.1) is 0 Å². The van der Waals surface area contributed by atoms with E-state index in [0.29, 0.717) is 5.56 Å². The van der Waals surface area contributed by atoms with E-state index in [9.17, 15) is 18.0 Å². The minimum Gasteiger partial charge on any atom is -0.508 e. The number of ketones is 1. The molecular weight excluding hydrogens is 233 g/mol. The second-order valence-corrected chi connectivity index (χ2v) is 3.18. The van der Waals surface area contributed by atoms with Crippen LogP contribution in [0, 0.1) is 0 Å². The number of carbonyl (C=O) groups is 1. The molecule has 0 unspecified atom stereocenters. The fourth-order valence-electron chi connectivity index (χ4n) is 1.01. The second kappa shape index (κ2) is 5.34. The monoisotopic (exact) mass is 242 g/mol. The number of aliphatic hydroxyl groups excluding tert-OH is 1. The fourth-order valence-corrected chi connectivity index (χ4v) is 1.01. The zero-order valence-corrected chi connectivity index (χ0v) is 8.61. The van der Waals surface area contributed by atoms with E-state index < -0.39 is 17.7 Å². The molecule has 0 aromatic heterocycles. The van der Waals surface area contributed by atoms with Crippen LogP contribution >= 0.6 is 0 Å². The van der Waals surface area contributed by atoms with Gasteiger partial charge in [-0.2, -0.15) is 13.2 Å². The molecule has 1 aromatic carbocycles. The van der Waals surface area contributed by atoms with Crippen molar-refractivity contribution < 1.29 is 23.1 Å². The molecule has 0 saturated heterocycles. The summed E-state index contributed by atoms with van der Waals surface area (Å²) in [4.78, 5) is 10.5. The Hall–Kier alpha value is -2.04. The average molecular weight is 242 g/mol. The molecule has 0 atom stereocenters. The summed E-state index contributed by atoms with van der Waals surface area (Å²) in [5.74, 6) is -2.83. The molecule has 1 rings (SSSR count). The number of aliphatic hydroxyl groups is 1. The number of carbonyl (C=O) groups excluding carboxylic acids is 1. The Kier molecular flexibility index (Phi) is 4.09. The maximum absolute atomic E-state index is 11.8. The predicted octanol–water partition coefficient (Wildman–Crippen LogP) is 3.27. The van der Waals surface area contributed by atoms with Gasteiger partial charge in [0.15, 0.2) is 0 Å². The van der Waals surface area contributed by atoms with E-state index in [0.717, 1.165) is 6.08 Å². The fraction of sp³-hybridized carbons (Fsp3) is 0.0833. The van der Waals surface area contributed by atoms with Crippen molar-refractivity contribution in [3.63, 3.8) is 0 Å². The van der Waals surface area contributed by atoms with Crippen LogP contribution < -0.4 is 0 Å². The lowest BCUT2D eigenvalue weighted by Crippen LogP contribution is -2.20. The van der Waals surface area contributed by atoms with Crippen molar-refractivity contribution in [3.05, 3.63) is 53.8 Å². The SMILES string of the molecule is O=C(/C=C(O)/C=C/c1ccccc1)C(F)(F)F. The van der Waals surface area contributed by atoms with Gasteiger partial charge in [0.05, 0.1) is 0 Å². The van der Waals surface area contributed by atoms with Gasteiger partial charge in [-0.25, -0.2) is 0 Å². The molecule has 17 heavy (non-hydrogen) atoms. The molecule has 0 saturated carbocycles. The van der Waals surface area contributed by atoms with Gasteiger partial charge in [-0.3, -0.25) is 4.79 Å². The van der Waals surface area contributed by atoms with E-state index >= 15 is 0 Å². The lowest BCUT2D eigenvalue weighted by molar-refractivity contribution is -0.165. The largest absolute Gasteiger partial charge is 0.508 e. The van der Waals surface area contributed by atoms with Crippen LogP contribution in [0.1, 0.15) is 5.56 Å².